The molecule has 0 aliphatic heterocycles. The van der Waals surface area contributed by atoms with Crippen LogP contribution in [0.5, 0.6) is 0 Å². The van der Waals surface area contributed by atoms with Crippen molar-refractivity contribution >= 4 is 17.7 Å². The summed E-state index contributed by atoms with van der Waals surface area (Å²) in [4.78, 5) is 36.3. The summed E-state index contributed by atoms with van der Waals surface area (Å²) >= 11 is 0. The van der Waals surface area contributed by atoms with E-state index in [4.69, 9.17) is 5.11 Å². The van der Waals surface area contributed by atoms with E-state index in [-0.39, 0.29) is 11.3 Å². The minimum absolute atomic E-state index is 0.234. The van der Waals surface area contributed by atoms with Crippen molar-refractivity contribution in [2.45, 2.75) is 26.8 Å². The highest BCUT2D eigenvalue weighted by Crippen LogP contribution is 2.16. The highest BCUT2D eigenvalue weighted by molar-refractivity contribution is 6.15. The molecule has 2 unspecified atom stereocenters. The van der Waals surface area contributed by atoms with Gasteiger partial charge in [-0.2, -0.15) is 0 Å². The standard InChI is InChI=1S/C20H21NO4/c1-12-8-10-15(11-9-12)18(22)16-6-4-5-7-17(16)19(23)21-14(3)13(2)20(24)25/h4-11,13-14H,1-3H3,(H,21,23)(H,24,25). The lowest BCUT2D eigenvalue weighted by Gasteiger charge is -2.18. The summed E-state index contributed by atoms with van der Waals surface area (Å²) in [5.41, 5.74) is 2.06. The van der Waals surface area contributed by atoms with E-state index < -0.39 is 23.8 Å². The van der Waals surface area contributed by atoms with Gasteiger partial charge in [-0.3, -0.25) is 14.4 Å². The maximum Gasteiger partial charge on any atom is 0.308 e. The molecule has 0 aromatic heterocycles. The normalized spacial score (nSPS) is 12.9. The molecular formula is C20H21NO4. The molecule has 5 nitrogen and oxygen atoms in total. The molecule has 0 heterocycles. The van der Waals surface area contributed by atoms with Crippen LogP contribution in [0.15, 0.2) is 48.5 Å². The molecule has 2 rings (SSSR count). The van der Waals surface area contributed by atoms with Gasteiger partial charge in [0.2, 0.25) is 0 Å². The van der Waals surface area contributed by atoms with Crippen molar-refractivity contribution in [3.8, 4) is 0 Å². The number of ketones is 1. The lowest BCUT2D eigenvalue weighted by atomic mass is 9.96. The van der Waals surface area contributed by atoms with Crippen LogP contribution in [0, 0.1) is 12.8 Å². The molecule has 0 saturated heterocycles. The second-order valence-corrected chi connectivity index (χ2v) is 6.13. The van der Waals surface area contributed by atoms with Crippen molar-refractivity contribution in [2.24, 2.45) is 5.92 Å². The average molecular weight is 339 g/mol. The number of carbonyl (C=O) groups is 3. The van der Waals surface area contributed by atoms with E-state index in [1.807, 2.05) is 19.1 Å². The largest absolute Gasteiger partial charge is 0.481 e. The Morgan fingerprint density at radius 1 is 0.920 bits per heavy atom. The zero-order valence-electron chi connectivity index (χ0n) is 14.4. The fourth-order valence-electron chi connectivity index (χ4n) is 2.36. The van der Waals surface area contributed by atoms with E-state index in [1.54, 1.807) is 43.3 Å². The van der Waals surface area contributed by atoms with Crippen molar-refractivity contribution in [3.05, 3.63) is 70.8 Å². The molecular weight excluding hydrogens is 318 g/mol. The highest BCUT2D eigenvalue weighted by Gasteiger charge is 2.24. The number of aliphatic carboxylic acids is 1. The minimum Gasteiger partial charge on any atom is -0.481 e. The molecule has 2 aromatic rings. The Morgan fingerprint density at radius 3 is 2.04 bits per heavy atom. The predicted octanol–water partition coefficient (Wildman–Crippen LogP) is 3.07. The molecule has 2 N–H and O–H groups in total. The molecule has 0 radical (unpaired) electrons. The fourth-order valence-corrected chi connectivity index (χ4v) is 2.36. The van der Waals surface area contributed by atoms with Gasteiger partial charge in [-0.1, -0.05) is 48.0 Å². The smallest absolute Gasteiger partial charge is 0.308 e. The van der Waals surface area contributed by atoms with E-state index in [2.05, 4.69) is 5.32 Å². The van der Waals surface area contributed by atoms with Gasteiger partial charge in [-0.15, -0.1) is 0 Å². The highest BCUT2D eigenvalue weighted by atomic mass is 16.4. The first-order chi connectivity index (χ1) is 11.8. The monoisotopic (exact) mass is 339 g/mol. The first kappa shape index (κ1) is 18.4. The molecule has 2 aromatic carbocycles. The Hall–Kier alpha value is -2.95. The number of carboxylic acid groups (broad SMARTS) is 1. The number of carboxylic acids is 1. The summed E-state index contributed by atoms with van der Waals surface area (Å²) in [5.74, 6) is -2.43. The summed E-state index contributed by atoms with van der Waals surface area (Å²) in [5, 5.41) is 11.7. The van der Waals surface area contributed by atoms with Crippen molar-refractivity contribution in [2.75, 3.05) is 0 Å². The Bertz CT molecular complexity index is 796. The van der Waals surface area contributed by atoms with Gasteiger partial charge in [0, 0.05) is 17.2 Å². The molecule has 5 heteroatoms. The third kappa shape index (κ3) is 4.32. The minimum atomic E-state index is -0.989. The van der Waals surface area contributed by atoms with Crippen LogP contribution in [0.3, 0.4) is 0 Å². The van der Waals surface area contributed by atoms with Gasteiger partial charge in [0.25, 0.3) is 5.91 Å². The Kier molecular flexibility index (Phi) is 5.70. The molecule has 0 bridgehead atoms. The zero-order chi connectivity index (χ0) is 18.6. The average Bonchev–Trinajstić information content (AvgIpc) is 2.60. The van der Waals surface area contributed by atoms with Gasteiger partial charge >= 0.3 is 5.97 Å². The van der Waals surface area contributed by atoms with Gasteiger partial charge < -0.3 is 10.4 Å². The van der Waals surface area contributed by atoms with Crippen LogP contribution in [0.1, 0.15) is 45.7 Å². The Morgan fingerprint density at radius 2 is 1.48 bits per heavy atom. The van der Waals surface area contributed by atoms with Gasteiger partial charge in [-0.25, -0.2) is 0 Å². The number of hydrogen-bond acceptors (Lipinski definition) is 3. The number of nitrogens with one attached hydrogen (secondary N) is 1. The maximum atomic E-state index is 12.7. The molecule has 130 valence electrons. The maximum absolute atomic E-state index is 12.7. The summed E-state index contributed by atoms with van der Waals surface area (Å²) in [6.45, 7) is 5.08. The topological polar surface area (TPSA) is 83.5 Å². The Labute approximate surface area is 146 Å². The van der Waals surface area contributed by atoms with E-state index in [9.17, 15) is 14.4 Å². The molecule has 0 saturated carbocycles. The molecule has 0 fully saturated rings. The molecule has 25 heavy (non-hydrogen) atoms. The first-order valence-electron chi connectivity index (χ1n) is 8.05. The number of carbonyl (C=O) groups excluding carboxylic acids is 2. The zero-order valence-corrected chi connectivity index (χ0v) is 14.4. The van der Waals surface area contributed by atoms with Crippen LogP contribution in [-0.4, -0.2) is 28.8 Å². The molecule has 2 atom stereocenters. The SMILES string of the molecule is Cc1ccc(C(=O)c2ccccc2C(=O)NC(C)C(C)C(=O)O)cc1. The van der Waals surface area contributed by atoms with E-state index in [1.165, 1.54) is 6.92 Å². The molecule has 0 aliphatic rings. The van der Waals surface area contributed by atoms with Crippen LogP contribution in [0.4, 0.5) is 0 Å². The van der Waals surface area contributed by atoms with Gasteiger partial charge in [0.1, 0.15) is 0 Å². The molecule has 1 amide bonds. The summed E-state index contributed by atoms with van der Waals surface area (Å²) < 4.78 is 0. The van der Waals surface area contributed by atoms with E-state index in [0.29, 0.717) is 11.1 Å². The summed E-state index contributed by atoms with van der Waals surface area (Å²) in [7, 11) is 0. The Balaban J connectivity index is 2.28. The predicted molar refractivity (Wildman–Crippen MR) is 94.8 cm³/mol. The third-order valence-electron chi connectivity index (χ3n) is 4.23. The number of benzene rings is 2. The van der Waals surface area contributed by atoms with Crippen LogP contribution in [0.25, 0.3) is 0 Å². The third-order valence-corrected chi connectivity index (χ3v) is 4.23. The quantitative estimate of drug-likeness (QED) is 0.792. The first-order valence-corrected chi connectivity index (χ1v) is 8.05. The van der Waals surface area contributed by atoms with Crippen LogP contribution < -0.4 is 5.32 Å². The van der Waals surface area contributed by atoms with Gasteiger partial charge in [0.15, 0.2) is 5.78 Å². The fraction of sp³-hybridized carbons (Fsp3) is 0.250. The van der Waals surface area contributed by atoms with Crippen LogP contribution >= 0.6 is 0 Å². The van der Waals surface area contributed by atoms with Gasteiger partial charge in [0.05, 0.1) is 11.5 Å². The lowest BCUT2D eigenvalue weighted by Crippen LogP contribution is -2.40. The number of hydrogen-bond donors (Lipinski definition) is 2. The van der Waals surface area contributed by atoms with Crippen molar-refractivity contribution in [3.63, 3.8) is 0 Å². The van der Waals surface area contributed by atoms with E-state index >= 15 is 0 Å². The second kappa shape index (κ2) is 7.75. The van der Waals surface area contributed by atoms with Crippen LogP contribution in [0.2, 0.25) is 0 Å². The summed E-state index contributed by atoms with van der Waals surface area (Å²) in [6, 6.07) is 13.1. The number of amides is 1. The van der Waals surface area contributed by atoms with Crippen molar-refractivity contribution < 1.29 is 19.5 Å². The van der Waals surface area contributed by atoms with Crippen molar-refractivity contribution in [1.29, 1.82) is 0 Å². The lowest BCUT2D eigenvalue weighted by molar-refractivity contribution is -0.141. The number of rotatable bonds is 6. The molecule has 0 spiro atoms. The second-order valence-electron chi connectivity index (χ2n) is 6.13. The van der Waals surface area contributed by atoms with Crippen LogP contribution in [-0.2, 0) is 4.79 Å². The van der Waals surface area contributed by atoms with Crippen molar-refractivity contribution in [1.82, 2.24) is 5.32 Å². The van der Waals surface area contributed by atoms with Gasteiger partial charge in [-0.05, 0) is 26.8 Å². The summed E-state index contributed by atoms with van der Waals surface area (Å²) in [6.07, 6.45) is 0. The number of aryl methyl sites for hydroxylation is 1. The molecule has 0 aliphatic carbocycles. The van der Waals surface area contributed by atoms with E-state index in [0.717, 1.165) is 5.56 Å².